The lowest BCUT2D eigenvalue weighted by atomic mass is 9.82. The van der Waals surface area contributed by atoms with Crippen LogP contribution in [0.1, 0.15) is 24.0 Å². The van der Waals surface area contributed by atoms with Crippen LogP contribution in [0.5, 0.6) is 0 Å². The van der Waals surface area contributed by atoms with Crippen molar-refractivity contribution < 1.29 is 0 Å². The highest BCUT2D eigenvalue weighted by Crippen LogP contribution is 2.38. The fraction of sp³-hybridized carbons (Fsp3) is 0.538. The van der Waals surface area contributed by atoms with E-state index < -0.39 is 0 Å². The van der Waals surface area contributed by atoms with Crippen LogP contribution >= 0.6 is 0 Å². The standard InChI is InChI=1S/C13H18N2/c1-15-8-6-13(7-9-15)12-5-3-2-4-11(12)10-14-13/h2-5,14H,6-10H2,1H3. The van der Waals surface area contributed by atoms with Crippen molar-refractivity contribution in [1.82, 2.24) is 10.2 Å². The van der Waals surface area contributed by atoms with Gasteiger partial charge in [-0.15, -0.1) is 0 Å². The fourth-order valence-electron chi connectivity index (χ4n) is 2.95. The molecular weight excluding hydrogens is 184 g/mol. The fourth-order valence-corrected chi connectivity index (χ4v) is 2.95. The van der Waals surface area contributed by atoms with Crippen LogP contribution in [-0.4, -0.2) is 25.0 Å². The first-order valence-electron chi connectivity index (χ1n) is 5.82. The summed E-state index contributed by atoms with van der Waals surface area (Å²) in [5, 5.41) is 3.73. The topological polar surface area (TPSA) is 15.3 Å². The minimum absolute atomic E-state index is 0.295. The molecule has 0 bridgehead atoms. The Balaban J connectivity index is 1.95. The highest BCUT2D eigenvalue weighted by atomic mass is 15.1. The normalized spacial score (nSPS) is 24.3. The number of hydrogen-bond donors (Lipinski definition) is 1. The molecule has 80 valence electrons. The molecule has 1 N–H and O–H groups in total. The van der Waals surface area contributed by atoms with Crippen molar-refractivity contribution in [2.24, 2.45) is 0 Å². The first-order valence-corrected chi connectivity index (χ1v) is 5.82. The van der Waals surface area contributed by atoms with Crippen LogP contribution in [0.15, 0.2) is 24.3 Å². The van der Waals surface area contributed by atoms with E-state index in [4.69, 9.17) is 0 Å². The summed E-state index contributed by atoms with van der Waals surface area (Å²) < 4.78 is 0. The van der Waals surface area contributed by atoms with Crippen molar-refractivity contribution in [1.29, 1.82) is 0 Å². The van der Waals surface area contributed by atoms with E-state index in [1.165, 1.54) is 31.5 Å². The van der Waals surface area contributed by atoms with E-state index >= 15 is 0 Å². The molecule has 0 radical (unpaired) electrons. The van der Waals surface area contributed by atoms with Crippen LogP contribution in [0.25, 0.3) is 0 Å². The third-order valence-electron chi connectivity index (χ3n) is 3.99. The predicted molar refractivity (Wildman–Crippen MR) is 61.7 cm³/mol. The monoisotopic (exact) mass is 202 g/mol. The van der Waals surface area contributed by atoms with Gasteiger partial charge in [0.05, 0.1) is 0 Å². The van der Waals surface area contributed by atoms with Crippen LogP contribution in [0.4, 0.5) is 0 Å². The lowest BCUT2D eigenvalue weighted by Gasteiger charge is -2.38. The smallest absolute Gasteiger partial charge is 0.0464 e. The van der Waals surface area contributed by atoms with E-state index in [2.05, 4.69) is 41.5 Å². The zero-order valence-electron chi connectivity index (χ0n) is 9.29. The number of nitrogens with zero attached hydrogens (tertiary/aromatic N) is 1. The van der Waals surface area contributed by atoms with Crippen LogP contribution in [0.3, 0.4) is 0 Å². The summed E-state index contributed by atoms with van der Waals surface area (Å²) >= 11 is 0. The highest BCUT2D eigenvalue weighted by Gasteiger charge is 2.39. The van der Waals surface area contributed by atoms with Gasteiger partial charge in [-0.2, -0.15) is 0 Å². The Labute approximate surface area is 91.3 Å². The van der Waals surface area contributed by atoms with E-state index in [1.807, 2.05) is 0 Å². The lowest BCUT2D eigenvalue weighted by molar-refractivity contribution is 0.166. The number of likely N-dealkylation sites (tertiary alicyclic amines) is 1. The molecule has 2 aliphatic heterocycles. The van der Waals surface area contributed by atoms with Gasteiger partial charge in [-0.3, -0.25) is 0 Å². The maximum absolute atomic E-state index is 3.73. The zero-order valence-corrected chi connectivity index (χ0v) is 9.29. The number of piperidine rings is 1. The van der Waals surface area contributed by atoms with Gasteiger partial charge < -0.3 is 10.2 Å². The molecule has 1 saturated heterocycles. The Hall–Kier alpha value is -0.860. The number of rotatable bonds is 0. The minimum Gasteiger partial charge on any atom is -0.306 e. The van der Waals surface area contributed by atoms with Gasteiger partial charge in [-0.1, -0.05) is 24.3 Å². The first-order chi connectivity index (χ1) is 7.30. The largest absolute Gasteiger partial charge is 0.306 e. The van der Waals surface area contributed by atoms with Crippen LogP contribution in [0.2, 0.25) is 0 Å². The second-order valence-corrected chi connectivity index (χ2v) is 4.90. The summed E-state index contributed by atoms with van der Waals surface area (Å²) in [6.07, 6.45) is 2.50. The minimum atomic E-state index is 0.295. The molecule has 2 heterocycles. The van der Waals surface area contributed by atoms with E-state index in [-0.39, 0.29) is 0 Å². The molecule has 1 fully saturated rings. The van der Waals surface area contributed by atoms with E-state index in [1.54, 1.807) is 5.56 Å². The Morgan fingerprint density at radius 3 is 2.73 bits per heavy atom. The zero-order chi connectivity index (χ0) is 10.3. The molecule has 1 aromatic rings. The Morgan fingerprint density at radius 2 is 1.93 bits per heavy atom. The summed E-state index contributed by atoms with van der Waals surface area (Å²) in [6, 6.07) is 8.89. The van der Waals surface area contributed by atoms with E-state index in [0.717, 1.165) is 6.54 Å². The van der Waals surface area contributed by atoms with Gasteiger partial charge in [-0.05, 0) is 44.1 Å². The molecule has 1 spiro atoms. The molecule has 0 aliphatic carbocycles. The Bertz CT molecular complexity index is 365. The summed E-state index contributed by atoms with van der Waals surface area (Å²) in [4.78, 5) is 2.42. The van der Waals surface area contributed by atoms with Crippen molar-refractivity contribution >= 4 is 0 Å². The van der Waals surface area contributed by atoms with E-state index in [0.29, 0.717) is 5.54 Å². The molecule has 0 aromatic heterocycles. The lowest BCUT2D eigenvalue weighted by Crippen LogP contribution is -2.46. The van der Waals surface area contributed by atoms with Crippen molar-refractivity contribution in [3.8, 4) is 0 Å². The van der Waals surface area contributed by atoms with Crippen LogP contribution in [0, 0.1) is 0 Å². The molecule has 2 heteroatoms. The molecule has 3 rings (SSSR count). The molecule has 0 saturated carbocycles. The van der Waals surface area contributed by atoms with Crippen molar-refractivity contribution in [2.45, 2.75) is 24.9 Å². The first kappa shape index (κ1) is 9.37. The van der Waals surface area contributed by atoms with Gasteiger partial charge in [0.15, 0.2) is 0 Å². The number of benzene rings is 1. The maximum Gasteiger partial charge on any atom is 0.0464 e. The maximum atomic E-state index is 3.73. The van der Waals surface area contributed by atoms with E-state index in [9.17, 15) is 0 Å². The third-order valence-corrected chi connectivity index (χ3v) is 3.99. The summed E-state index contributed by atoms with van der Waals surface area (Å²) in [6.45, 7) is 3.47. The average Bonchev–Trinajstić information content (AvgIpc) is 2.63. The molecule has 0 unspecified atom stereocenters. The molecular formula is C13H18N2. The quantitative estimate of drug-likeness (QED) is 0.689. The summed E-state index contributed by atoms with van der Waals surface area (Å²) in [5.41, 5.74) is 3.35. The number of fused-ring (bicyclic) bond motifs is 2. The number of hydrogen-bond acceptors (Lipinski definition) is 2. The van der Waals surface area contributed by atoms with Crippen molar-refractivity contribution in [3.05, 3.63) is 35.4 Å². The van der Waals surface area contributed by atoms with Gasteiger partial charge in [0, 0.05) is 12.1 Å². The SMILES string of the molecule is CN1CCC2(CC1)NCc1ccccc12. The molecule has 0 amide bonds. The average molecular weight is 202 g/mol. The van der Waals surface area contributed by atoms with Gasteiger partial charge >= 0.3 is 0 Å². The Morgan fingerprint density at radius 1 is 1.20 bits per heavy atom. The second-order valence-electron chi connectivity index (χ2n) is 4.90. The van der Waals surface area contributed by atoms with Gasteiger partial charge in [0.2, 0.25) is 0 Å². The van der Waals surface area contributed by atoms with Crippen LogP contribution in [-0.2, 0) is 12.1 Å². The van der Waals surface area contributed by atoms with Crippen molar-refractivity contribution in [3.63, 3.8) is 0 Å². The molecule has 15 heavy (non-hydrogen) atoms. The summed E-state index contributed by atoms with van der Waals surface area (Å²) in [7, 11) is 2.22. The van der Waals surface area contributed by atoms with Gasteiger partial charge in [-0.25, -0.2) is 0 Å². The van der Waals surface area contributed by atoms with Crippen molar-refractivity contribution in [2.75, 3.05) is 20.1 Å². The van der Waals surface area contributed by atoms with Crippen LogP contribution < -0.4 is 5.32 Å². The molecule has 2 nitrogen and oxygen atoms in total. The Kier molecular flexibility index (Phi) is 2.08. The molecule has 0 atom stereocenters. The van der Waals surface area contributed by atoms with Gasteiger partial charge in [0.1, 0.15) is 0 Å². The second kappa shape index (κ2) is 3.32. The third kappa shape index (κ3) is 1.40. The predicted octanol–water partition coefficient (Wildman–Crippen LogP) is 1.71. The molecule has 1 aromatic carbocycles. The molecule has 2 aliphatic rings. The van der Waals surface area contributed by atoms with Gasteiger partial charge in [0.25, 0.3) is 0 Å². The number of nitrogens with one attached hydrogen (secondary N) is 1. The summed E-state index contributed by atoms with van der Waals surface area (Å²) in [5.74, 6) is 0. The highest BCUT2D eigenvalue weighted by molar-refractivity contribution is 5.38.